The lowest BCUT2D eigenvalue weighted by atomic mass is 10.1. The number of aryl methyl sites for hydroxylation is 1. The number of benzene rings is 2. The van der Waals surface area contributed by atoms with Crippen molar-refractivity contribution in [2.75, 3.05) is 14.2 Å². The lowest BCUT2D eigenvalue weighted by Crippen LogP contribution is -2.06. The van der Waals surface area contributed by atoms with Crippen molar-refractivity contribution < 1.29 is 23.4 Å². The lowest BCUT2D eigenvalue weighted by molar-refractivity contribution is -0.129. The Balaban J connectivity index is 1.76. The fraction of sp³-hybridized carbons (Fsp3) is 0.182. The summed E-state index contributed by atoms with van der Waals surface area (Å²) in [4.78, 5) is 16.8. The van der Waals surface area contributed by atoms with Crippen molar-refractivity contribution in [1.82, 2.24) is 0 Å². The Morgan fingerprint density at radius 2 is 1.86 bits per heavy atom. The van der Waals surface area contributed by atoms with E-state index in [1.54, 1.807) is 38.5 Å². The molecule has 0 saturated heterocycles. The second kappa shape index (κ2) is 7.23. The molecule has 0 spiro atoms. The van der Waals surface area contributed by atoms with Crippen LogP contribution in [0.4, 0.5) is 0 Å². The molecule has 142 valence electrons. The molecule has 0 amide bonds. The predicted molar refractivity (Wildman–Crippen MR) is 106 cm³/mol. The van der Waals surface area contributed by atoms with Crippen LogP contribution in [-0.4, -0.2) is 26.1 Å². The highest BCUT2D eigenvalue weighted by Crippen LogP contribution is 2.32. The van der Waals surface area contributed by atoms with E-state index in [1.807, 2.05) is 31.2 Å². The number of ether oxygens (including phenoxy) is 3. The number of rotatable bonds is 5. The van der Waals surface area contributed by atoms with Gasteiger partial charge < -0.3 is 18.6 Å². The van der Waals surface area contributed by atoms with Gasteiger partial charge in [0.15, 0.2) is 17.2 Å². The van der Waals surface area contributed by atoms with E-state index in [1.165, 1.54) is 0 Å². The van der Waals surface area contributed by atoms with Crippen LogP contribution in [0.25, 0.3) is 17.0 Å². The maximum atomic E-state index is 12.4. The van der Waals surface area contributed by atoms with Crippen molar-refractivity contribution in [3.63, 3.8) is 0 Å². The minimum absolute atomic E-state index is 0.225. The molecular formula is C22H19NO5. The van der Waals surface area contributed by atoms with Crippen molar-refractivity contribution in [1.29, 1.82) is 0 Å². The number of fused-ring (bicyclic) bond motifs is 1. The first-order valence-corrected chi connectivity index (χ1v) is 8.90. The quantitative estimate of drug-likeness (QED) is 0.488. The average molecular weight is 377 g/mol. The fourth-order valence-electron chi connectivity index (χ4n) is 3.18. The predicted octanol–water partition coefficient (Wildman–Crippen LogP) is 4.36. The van der Waals surface area contributed by atoms with E-state index in [4.69, 9.17) is 18.6 Å². The van der Waals surface area contributed by atoms with Gasteiger partial charge >= 0.3 is 5.97 Å². The summed E-state index contributed by atoms with van der Waals surface area (Å²) in [6.45, 7) is 2.00. The highest BCUT2D eigenvalue weighted by Gasteiger charge is 2.26. The van der Waals surface area contributed by atoms with Crippen LogP contribution in [-0.2, 0) is 16.0 Å². The van der Waals surface area contributed by atoms with Crippen LogP contribution in [0.3, 0.4) is 0 Å². The molecule has 0 unspecified atom stereocenters. The second-order valence-electron chi connectivity index (χ2n) is 6.19. The first kappa shape index (κ1) is 17.9. The SMILES string of the molecule is CCc1oc2ccccc2c1C=C1N=C(c2ccc(OC)c(OC)c2)OC1=O. The molecule has 3 aromatic rings. The molecule has 0 bridgehead atoms. The summed E-state index contributed by atoms with van der Waals surface area (Å²) in [6, 6.07) is 12.9. The molecule has 0 aliphatic carbocycles. The first-order valence-electron chi connectivity index (χ1n) is 8.90. The van der Waals surface area contributed by atoms with Crippen LogP contribution in [0.1, 0.15) is 23.8 Å². The van der Waals surface area contributed by atoms with Crippen molar-refractivity contribution in [3.8, 4) is 11.5 Å². The molecule has 0 N–H and O–H groups in total. The average Bonchev–Trinajstić information content (AvgIpc) is 3.28. The van der Waals surface area contributed by atoms with Crippen LogP contribution in [0.15, 0.2) is 57.6 Å². The van der Waals surface area contributed by atoms with E-state index < -0.39 is 5.97 Å². The monoisotopic (exact) mass is 377 g/mol. The zero-order chi connectivity index (χ0) is 19.7. The number of esters is 1. The molecule has 2 heterocycles. The molecule has 6 heteroatoms. The topological polar surface area (TPSA) is 70.3 Å². The molecule has 1 aliphatic heterocycles. The number of furan rings is 1. The summed E-state index contributed by atoms with van der Waals surface area (Å²) in [5.74, 6) is 1.64. The summed E-state index contributed by atoms with van der Waals surface area (Å²) in [6.07, 6.45) is 2.43. The molecule has 0 atom stereocenters. The van der Waals surface area contributed by atoms with Crippen LogP contribution in [0, 0.1) is 0 Å². The number of hydrogen-bond donors (Lipinski definition) is 0. The number of nitrogens with zero attached hydrogens (tertiary/aromatic N) is 1. The molecule has 0 radical (unpaired) electrons. The fourth-order valence-corrected chi connectivity index (χ4v) is 3.18. The summed E-state index contributed by atoms with van der Waals surface area (Å²) < 4.78 is 21.8. The number of para-hydroxylation sites is 1. The Kier molecular flexibility index (Phi) is 4.61. The van der Waals surface area contributed by atoms with Crippen molar-refractivity contribution in [2.45, 2.75) is 13.3 Å². The number of carbonyl (C=O) groups is 1. The van der Waals surface area contributed by atoms with E-state index in [-0.39, 0.29) is 11.6 Å². The van der Waals surface area contributed by atoms with E-state index >= 15 is 0 Å². The standard InChI is InChI=1S/C22H19NO5/c1-4-17-15(14-7-5-6-8-18(14)27-17)12-16-22(24)28-21(23-16)13-9-10-19(25-2)20(11-13)26-3/h5-12H,4H2,1-3H3. The highest BCUT2D eigenvalue weighted by molar-refractivity contribution is 6.13. The van der Waals surface area contributed by atoms with Crippen molar-refractivity contribution in [3.05, 3.63) is 65.0 Å². The summed E-state index contributed by atoms with van der Waals surface area (Å²) in [5.41, 5.74) is 2.48. The van der Waals surface area contributed by atoms with Gasteiger partial charge in [0, 0.05) is 22.9 Å². The number of hydrogen-bond acceptors (Lipinski definition) is 6. The maximum Gasteiger partial charge on any atom is 0.363 e. The third kappa shape index (κ3) is 3.03. The molecular weight excluding hydrogens is 358 g/mol. The van der Waals surface area contributed by atoms with E-state index in [9.17, 15) is 4.79 Å². The molecule has 1 aliphatic rings. The minimum atomic E-state index is -0.503. The molecule has 0 fully saturated rings. The van der Waals surface area contributed by atoms with Crippen molar-refractivity contribution >= 4 is 28.9 Å². The molecule has 2 aromatic carbocycles. The first-order chi connectivity index (χ1) is 13.6. The largest absolute Gasteiger partial charge is 0.493 e. The Morgan fingerprint density at radius 1 is 1.07 bits per heavy atom. The van der Waals surface area contributed by atoms with Crippen LogP contribution in [0.2, 0.25) is 0 Å². The van der Waals surface area contributed by atoms with Gasteiger partial charge in [0.25, 0.3) is 0 Å². The van der Waals surface area contributed by atoms with E-state index in [0.29, 0.717) is 23.5 Å². The summed E-state index contributed by atoms with van der Waals surface area (Å²) in [5, 5.41) is 0.939. The number of aliphatic imine (C=N–C) groups is 1. The summed E-state index contributed by atoms with van der Waals surface area (Å²) in [7, 11) is 3.11. The lowest BCUT2D eigenvalue weighted by Gasteiger charge is -2.08. The second-order valence-corrected chi connectivity index (χ2v) is 6.19. The molecule has 1 aromatic heterocycles. The number of cyclic esters (lactones) is 1. The molecule has 28 heavy (non-hydrogen) atoms. The van der Waals surface area contributed by atoms with Crippen LogP contribution in [0.5, 0.6) is 11.5 Å². The molecule has 4 rings (SSSR count). The van der Waals surface area contributed by atoms with Gasteiger partial charge in [-0.05, 0) is 30.3 Å². The third-order valence-electron chi connectivity index (χ3n) is 4.56. The van der Waals surface area contributed by atoms with Crippen LogP contribution >= 0.6 is 0 Å². The van der Waals surface area contributed by atoms with E-state index in [0.717, 1.165) is 22.3 Å². The Hall–Kier alpha value is -3.54. The number of methoxy groups -OCH3 is 2. The van der Waals surface area contributed by atoms with Gasteiger partial charge in [0.05, 0.1) is 14.2 Å². The zero-order valence-corrected chi connectivity index (χ0v) is 15.8. The van der Waals surface area contributed by atoms with Gasteiger partial charge in [-0.3, -0.25) is 0 Å². The Bertz CT molecular complexity index is 1120. The smallest absolute Gasteiger partial charge is 0.363 e. The zero-order valence-electron chi connectivity index (χ0n) is 15.8. The molecule has 0 saturated carbocycles. The third-order valence-corrected chi connectivity index (χ3v) is 4.56. The van der Waals surface area contributed by atoms with Crippen LogP contribution < -0.4 is 9.47 Å². The summed E-state index contributed by atoms with van der Waals surface area (Å²) >= 11 is 0. The van der Waals surface area contributed by atoms with E-state index in [2.05, 4.69) is 4.99 Å². The molecule has 6 nitrogen and oxygen atoms in total. The number of carbonyl (C=O) groups excluding carboxylic acids is 1. The minimum Gasteiger partial charge on any atom is -0.493 e. The van der Waals surface area contributed by atoms with Crippen molar-refractivity contribution in [2.24, 2.45) is 4.99 Å². The van der Waals surface area contributed by atoms with Gasteiger partial charge in [-0.25, -0.2) is 9.79 Å². The van der Waals surface area contributed by atoms with Gasteiger partial charge in [-0.2, -0.15) is 0 Å². The Morgan fingerprint density at radius 3 is 2.61 bits per heavy atom. The van der Waals surface area contributed by atoms with Gasteiger partial charge in [0.1, 0.15) is 11.3 Å². The maximum absolute atomic E-state index is 12.4. The Labute approximate surface area is 162 Å². The van der Waals surface area contributed by atoms with Gasteiger partial charge in [0.2, 0.25) is 5.90 Å². The van der Waals surface area contributed by atoms with Gasteiger partial charge in [-0.15, -0.1) is 0 Å². The van der Waals surface area contributed by atoms with Gasteiger partial charge in [-0.1, -0.05) is 25.1 Å². The normalized spacial score (nSPS) is 15.0. The highest BCUT2D eigenvalue weighted by atomic mass is 16.6.